The van der Waals surface area contributed by atoms with E-state index < -0.39 is 5.67 Å². The first-order valence-electron chi connectivity index (χ1n) is 9.43. The summed E-state index contributed by atoms with van der Waals surface area (Å²) in [5, 5.41) is 10.8. The average molecular weight is 377 g/mol. The molecule has 0 saturated heterocycles. The van der Waals surface area contributed by atoms with Crippen molar-refractivity contribution in [2.75, 3.05) is 11.9 Å². The highest BCUT2D eigenvalue weighted by Gasteiger charge is 2.45. The lowest BCUT2D eigenvalue weighted by Crippen LogP contribution is -2.26. The van der Waals surface area contributed by atoms with Crippen molar-refractivity contribution in [3.63, 3.8) is 0 Å². The van der Waals surface area contributed by atoms with E-state index in [2.05, 4.69) is 27.3 Å². The van der Waals surface area contributed by atoms with Crippen LogP contribution >= 0.6 is 0 Å². The van der Waals surface area contributed by atoms with Crippen LogP contribution in [0.5, 0.6) is 0 Å². The molecule has 1 aliphatic heterocycles. The number of hydrogen-bond donors (Lipinski definition) is 3. The Morgan fingerprint density at radius 3 is 2.86 bits per heavy atom. The van der Waals surface area contributed by atoms with Crippen molar-refractivity contribution < 1.29 is 4.39 Å². The highest BCUT2D eigenvalue weighted by atomic mass is 19.1. The van der Waals surface area contributed by atoms with E-state index in [4.69, 9.17) is 11.1 Å². The van der Waals surface area contributed by atoms with Crippen LogP contribution < -0.4 is 11.1 Å². The number of nitrogens with two attached hydrogens (primary N) is 1. The highest BCUT2D eigenvalue weighted by molar-refractivity contribution is 6.09. The second kappa shape index (κ2) is 7.56. The summed E-state index contributed by atoms with van der Waals surface area (Å²) in [6.45, 7) is 2.17. The van der Waals surface area contributed by atoms with Crippen molar-refractivity contribution >= 4 is 23.6 Å². The van der Waals surface area contributed by atoms with Crippen molar-refractivity contribution in [2.45, 2.75) is 31.6 Å². The first-order valence-corrected chi connectivity index (χ1v) is 9.43. The largest absolute Gasteiger partial charge is 0.404 e. The predicted octanol–water partition coefficient (Wildman–Crippen LogP) is 3.93. The Kier molecular flexibility index (Phi) is 4.96. The van der Waals surface area contributed by atoms with E-state index in [-0.39, 0.29) is 0 Å². The molecule has 2 heterocycles. The predicted molar refractivity (Wildman–Crippen MR) is 111 cm³/mol. The van der Waals surface area contributed by atoms with Gasteiger partial charge in [-0.15, -0.1) is 0 Å². The molecule has 0 atom stereocenters. The molecule has 4 N–H and O–H groups in total. The molecule has 144 valence electrons. The Bertz CT molecular complexity index is 946. The number of rotatable bonds is 7. The first kappa shape index (κ1) is 18.4. The Hall–Kier alpha value is -2.99. The molecule has 5 nitrogen and oxygen atoms in total. The third-order valence-electron chi connectivity index (χ3n) is 5.30. The molecule has 0 spiro atoms. The molecule has 0 amide bonds. The van der Waals surface area contributed by atoms with Gasteiger partial charge in [0.25, 0.3) is 0 Å². The van der Waals surface area contributed by atoms with E-state index in [0.29, 0.717) is 25.0 Å². The van der Waals surface area contributed by atoms with Gasteiger partial charge in [0.15, 0.2) is 0 Å². The number of halogens is 1. The summed E-state index contributed by atoms with van der Waals surface area (Å²) < 4.78 is 14.0. The smallest absolute Gasteiger partial charge is 0.123 e. The summed E-state index contributed by atoms with van der Waals surface area (Å²) in [4.78, 5) is 6.35. The molecule has 0 radical (unpaired) electrons. The number of nitrogens with one attached hydrogen (secondary N) is 2. The summed E-state index contributed by atoms with van der Waals surface area (Å²) in [6, 6.07) is 8.13. The van der Waals surface area contributed by atoms with Crippen LogP contribution in [0.3, 0.4) is 0 Å². The van der Waals surface area contributed by atoms with Crippen LogP contribution in [0, 0.1) is 5.41 Å². The van der Waals surface area contributed by atoms with Gasteiger partial charge in [0, 0.05) is 67.5 Å². The van der Waals surface area contributed by atoms with E-state index >= 15 is 0 Å². The topological polar surface area (TPSA) is 78.0 Å². The monoisotopic (exact) mass is 377 g/mol. The average Bonchev–Trinajstić information content (AvgIpc) is 3.28. The zero-order valence-corrected chi connectivity index (χ0v) is 15.7. The van der Waals surface area contributed by atoms with Crippen LogP contribution in [0.4, 0.5) is 10.1 Å². The summed E-state index contributed by atoms with van der Waals surface area (Å²) in [5.41, 5.74) is 10.6. The van der Waals surface area contributed by atoms with E-state index in [1.165, 1.54) is 23.5 Å². The molecule has 1 aliphatic carbocycles. The maximum atomic E-state index is 14.0. The zero-order valence-electron chi connectivity index (χ0n) is 15.7. The third-order valence-corrected chi connectivity index (χ3v) is 5.30. The van der Waals surface area contributed by atoms with Crippen LogP contribution in [0.2, 0.25) is 0 Å². The van der Waals surface area contributed by atoms with Crippen LogP contribution in [0.15, 0.2) is 49.1 Å². The standard InChI is InChI=1S/C22H24FN5/c23-22(5-6-22)15-28-13-17-1-2-20(9-18(17)14-28)27-8-3-16-12-26-7-4-21(16)19(10-24)11-25/h1-4,7-12,24,27H,5-6,13-15,25H2/b8-3+,19-11+,24-10?. The Balaban J connectivity index is 1.43. The van der Waals surface area contributed by atoms with Gasteiger partial charge in [-0.3, -0.25) is 9.88 Å². The molecule has 0 unspecified atom stereocenters. The zero-order chi connectivity index (χ0) is 19.6. The molecule has 0 bridgehead atoms. The van der Waals surface area contributed by atoms with Gasteiger partial charge in [0.2, 0.25) is 0 Å². The van der Waals surface area contributed by atoms with Crippen LogP contribution in [0.1, 0.15) is 35.1 Å². The van der Waals surface area contributed by atoms with Crippen molar-refractivity contribution in [3.8, 4) is 0 Å². The molecule has 28 heavy (non-hydrogen) atoms. The normalized spacial score (nSPS) is 18.2. The molecule has 2 aliphatic rings. The molecule has 6 heteroatoms. The van der Waals surface area contributed by atoms with Crippen LogP contribution in [-0.2, 0) is 13.1 Å². The number of fused-ring (bicyclic) bond motifs is 1. The maximum Gasteiger partial charge on any atom is 0.123 e. The van der Waals surface area contributed by atoms with Crippen LogP contribution in [-0.4, -0.2) is 28.3 Å². The first-order chi connectivity index (χ1) is 13.6. The Morgan fingerprint density at radius 2 is 2.11 bits per heavy atom. The SMILES string of the molecule is N=C/C(=C\N)c1ccncc1/C=C/Nc1ccc2c(c1)CN(CC1(F)CC1)C2. The van der Waals surface area contributed by atoms with Gasteiger partial charge in [-0.05, 0) is 53.8 Å². The number of pyridine rings is 1. The molecular weight excluding hydrogens is 353 g/mol. The minimum Gasteiger partial charge on any atom is -0.404 e. The van der Waals surface area contributed by atoms with Gasteiger partial charge < -0.3 is 16.5 Å². The molecule has 1 saturated carbocycles. The number of benzene rings is 1. The molecular formula is C22H24FN5. The summed E-state index contributed by atoms with van der Waals surface area (Å²) in [6.07, 6.45) is 11.2. The molecule has 1 aromatic heterocycles. The fourth-order valence-electron chi connectivity index (χ4n) is 3.61. The highest BCUT2D eigenvalue weighted by Crippen LogP contribution is 2.42. The number of aromatic nitrogens is 1. The summed E-state index contributed by atoms with van der Waals surface area (Å²) in [5.74, 6) is 0. The number of anilines is 1. The Labute approximate surface area is 164 Å². The van der Waals surface area contributed by atoms with E-state index in [1.807, 2.05) is 24.4 Å². The van der Waals surface area contributed by atoms with Crippen LogP contribution in [0.25, 0.3) is 11.6 Å². The second-order valence-corrected chi connectivity index (χ2v) is 7.49. The molecule has 4 rings (SSSR count). The lowest BCUT2D eigenvalue weighted by molar-refractivity contribution is 0.176. The van der Waals surface area contributed by atoms with E-state index in [9.17, 15) is 4.39 Å². The molecule has 2 aromatic rings. The van der Waals surface area contributed by atoms with Crippen molar-refractivity contribution in [3.05, 3.63) is 71.3 Å². The van der Waals surface area contributed by atoms with Gasteiger partial charge >= 0.3 is 0 Å². The number of hydrogen-bond acceptors (Lipinski definition) is 5. The quantitative estimate of drug-likeness (QED) is 0.639. The maximum absolute atomic E-state index is 14.0. The minimum absolute atomic E-state index is 0.540. The van der Waals surface area contributed by atoms with Gasteiger partial charge in [0.05, 0.1) is 0 Å². The lowest BCUT2D eigenvalue weighted by Gasteiger charge is -2.16. The van der Waals surface area contributed by atoms with Gasteiger partial charge in [-0.1, -0.05) is 6.07 Å². The Morgan fingerprint density at radius 1 is 1.29 bits per heavy atom. The van der Waals surface area contributed by atoms with Crippen molar-refractivity contribution in [2.24, 2.45) is 5.73 Å². The van der Waals surface area contributed by atoms with Crippen molar-refractivity contribution in [1.82, 2.24) is 9.88 Å². The van der Waals surface area contributed by atoms with Gasteiger partial charge in [0.1, 0.15) is 5.67 Å². The fourth-order valence-corrected chi connectivity index (χ4v) is 3.61. The second-order valence-electron chi connectivity index (χ2n) is 7.49. The minimum atomic E-state index is -0.944. The molecule has 1 aromatic carbocycles. The molecule has 1 fully saturated rings. The third kappa shape index (κ3) is 3.97. The number of alkyl halides is 1. The lowest BCUT2D eigenvalue weighted by atomic mass is 10.0. The van der Waals surface area contributed by atoms with E-state index in [0.717, 1.165) is 29.9 Å². The van der Waals surface area contributed by atoms with Gasteiger partial charge in [-0.25, -0.2) is 4.39 Å². The summed E-state index contributed by atoms with van der Waals surface area (Å²) in [7, 11) is 0. The number of allylic oxidation sites excluding steroid dienone is 1. The summed E-state index contributed by atoms with van der Waals surface area (Å²) >= 11 is 0. The number of nitrogens with zero attached hydrogens (tertiary/aromatic N) is 2. The van der Waals surface area contributed by atoms with Crippen molar-refractivity contribution in [1.29, 1.82) is 5.41 Å². The van der Waals surface area contributed by atoms with E-state index in [1.54, 1.807) is 12.4 Å². The van der Waals surface area contributed by atoms with Gasteiger partial charge in [-0.2, -0.15) is 0 Å². The fraction of sp³-hybridized carbons (Fsp3) is 0.273.